The Morgan fingerprint density at radius 3 is 2.56 bits per heavy atom. The summed E-state index contributed by atoms with van der Waals surface area (Å²) < 4.78 is 27.0. The van der Waals surface area contributed by atoms with Crippen LogP contribution >= 0.6 is 0 Å². The molecule has 1 amide bonds. The van der Waals surface area contributed by atoms with E-state index in [1.54, 1.807) is 24.3 Å². The van der Waals surface area contributed by atoms with Crippen LogP contribution in [0.2, 0.25) is 0 Å². The van der Waals surface area contributed by atoms with E-state index in [0.29, 0.717) is 49.4 Å². The fourth-order valence-corrected chi connectivity index (χ4v) is 6.63. The van der Waals surface area contributed by atoms with E-state index in [2.05, 4.69) is 22.5 Å². The predicted molar refractivity (Wildman–Crippen MR) is 167 cm³/mol. The first-order valence-corrected chi connectivity index (χ1v) is 15.7. The summed E-state index contributed by atoms with van der Waals surface area (Å²) in [5.74, 6) is -0.282. The maximum atomic E-state index is 13.6. The van der Waals surface area contributed by atoms with Crippen LogP contribution in [0.4, 0.5) is 11.4 Å². The van der Waals surface area contributed by atoms with Gasteiger partial charge in [0, 0.05) is 37.4 Å². The molecule has 1 saturated heterocycles. The first-order chi connectivity index (χ1) is 19.8. The summed E-state index contributed by atoms with van der Waals surface area (Å²) in [6.45, 7) is 7.59. The molecular weight excluding hydrogens is 536 g/mol. The zero-order valence-corrected chi connectivity index (χ0v) is 24.4. The molecule has 3 aromatic carbocycles. The smallest absolute Gasteiger partial charge is 0.251 e. The van der Waals surface area contributed by atoms with Gasteiger partial charge in [0.05, 0.1) is 23.6 Å². The molecule has 4 N–H and O–H groups in total. The average Bonchev–Trinajstić information content (AvgIpc) is 2.97. The third kappa shape index (κ3) is 8.42. The Hall–Kier alpha value is -3.66. The number of anilines is 2. The van der Waals surface area contributed by atoms with Gasteiger partial charge < -0.3 is 21.1 Å². The molecular formula is C32H40N4O4S. The van der Waals surface area contributed by atoms with Crippen molar-refractivity contribution in [1.29, 1.82) is 0 Å². The van der Waals surface area contributed by atoms with Gasteiger partial charge in [0.25, 0.3) is 5.91 Å². The number of carbonyl (C=O) groups excluding carboxylic acids is 1. The van der Waals surface area contributed by atoms with Crippen molar-refractivity contribution in [2.24, 2.45) is 0 Å². The molecule has 0 radical (unpaired) electrons. The molecule has 8 nitrogen and oxygen atoms in total. The molecule has 2 atom stereocenters. The van der Waals surface area contributed by atoms with Crippen LogP contribution in [0.5, 0.6) is 0 Å². The molecule has 1 fully saturated rings. The molecule has 1 aliphatic heterocycles. The Morgan fingerprint density at radius 1 is 1.05 bits per heavy atom. The fraction of sp³-hybridized carbons (Fsp3) is 0.344. The van der Waals surface area contributed by atoms with Gasteiger partial charge in [-0.3, -0.25) is 9.10 Å². The number of aliphatic hydroxyl groups excluding tert-OH is 1. The van der Waals surface area contributed by atoms with Gasteiger partial charge in [0.1, 0.15) is 0 Å². The second-order valence-electron chi connectivity index (χ2n) is 10.3. The quantitative estimate of drug-likeness (QED) is 0.243. The topological polar surface area (TPSA) is 111 Å². The van der Waals surface area contributed by atoms with Crippen molar-refractivity contribution in [3.8, 4) is 0 Å². The number of aliphatic hydroxyl groups is 1. The lowest BCUT2D eigenvalue weighted by Gasteiger charge is -2.29. The van der Waals surface area contributed by atoms with Crippen molar-refractivity contribution >= 4 is 33.4 Å². The van der Waals surface area contributed by atoms with Crippen LogP contribution in [0, 0.1) is 0 Å². The maximum absolute atomic E-state index is 13.6. The number of rotatable bonds is 13. The van der Waals surface area contributed by atoms with Gasteiger partial charge in [-0.1, -0.05) is 67.3 Å². The lowest BCUT2D eigenvalue weighted by atomic mass is 10.00. The van der Waals surface area contributed by atoms with Gasteiger partial charge >= 0.3 is 0 Å². The Kier molecular flexibility index (Phi) is 10.6. The highest BCUT2D eigenvalue weighted by Crippen LogP contribution is 2.28. The van der Waals surface area contributed by atoms with E-state index in [9.17, 15) is 18.3 Å². The minimum Gasteiger partial charge on any atom is -0.390 e. The van der Waals surface area contributed by atoms with Crippen LogP contribution in [0.3, 0.4) is 0 Å². The Labute approximate surface area is 243 Å². The summed E-state index contributed by atoms with van der Waals surface area (Å²) in [7, 11) is -3.45. The van der Waals surface area contributed by atoms with Crippen LogP contribution in [0.15, 0.2) is 79.4 Å². The van der Waals surface area contributed by atoms with E-state index in [1.165, 1.54) is 4.31 Å². The number of nitrogens with one attached hydrogen (secondary N) is 3. The molecule has 0 aromatic heterocycles. The van der Waals surface area contributed by atoms with Crippen molar-refractivity contribution in [2.45, 2.75) is 44.9 Å². The first kappa shape index (κ1) is 30.3. The number of benzene rings is 3. The highest BCUT2D eigenvalue weighted by molar-refractivity contribution is 7.92. The molecule has 0 bridgehead atoms. The summed E-state index contributed by atoms with van der Waals surface area (Å²) in [5.41, 5.74) is 4.54. The first-order valence-electron chi connectivity index (χ1n) is 14.1. The highest BCUT2D eigenvalue weighted by atomic mass is 32.2. The number of hydrogen-bond acceptors (Lipinski definition) is 6. The molecule has 1 aliphatic rings. The van der Waals surface area contributed by atoms with E-state index < -0.39 is 22.2 Å². The third-order valence-electron chi connectivity index (χ3n) is 7.15. The van der Waals surface area contributed by atoms with Gasteiger partial charge in [-0.05, 0) is 61.1 Å². The van der Waals surface area contributed by atoms with Crippen molar-refractivity contribution in [3.05, 3.63) is 102 Å². The summed E-state index contributed by atoms with van der Waals surface area (Å²) in [6, 6.07) is 22.2. The van der Waals surface area contributed by atoms with E-state index in [1.807, 2.05) is 61.5 Å². The molecule has 218 valence electrons. The number of sulfonamides is 1. The molecule has 4 rings (SSSR count). The lowest BCUT2D eigenvalue weighted by Crippen LogP contribution is -2.48. The van der Waals surface area contributed by atoms with Crippen molar-refractivity contribution in [1.82, 2.24) is 10.6 Å². The lowest BCUT2D eigenvalue weighted by molar-refractivity contribution is 0.0830. The monoisotopic (exact) mass is 576 g/mol. The Bertz CT molecular complexity index is 1430. The van der Waals surface area contributed by atoms with E-state index >= 15 is 0 Å². The Balaban J connectivity index is 1.53. The largest absolute Gasteiger partial charge is 0.390 e. The molecule has 0 spiro atoms. The van der Waals surface area contributed by atoms with Gasteiger partial charge in [-0.25, -0.2) is 8.42 Å². The van der Waals surface area contributed by atoms with Crippen LogP contribution in [0.1, 0.15) is 46.8 Å². The maximum Gasteiger partial charge on any atom is 0.251 e. The second kappa shape index (κ2) is 14.3. The molecule has 0 aliphatic carbocycles. The number of carbonyl (C=O) groups is 1. The van der Waals surface area contributed by atoms with Crippen LogP contribution < -0.4 is 20.3 Å². The van der Waals surface area contributed by atoms with Crippen molar-refractivity contribution < 1.29 is 18.3 Å². The predicted octanol–water partition coefficient (Wildman–Crippen LogP) is 4.18. The molecule has 3 aromatic rings. The normalized spacial score (nSPS) is 16.0. The van der Waals surface area contributed by atoms with Crippen LogP contribution in [0.25, 0.3) is 6.08 Å². The summed E-state index contributed by atoms with van der Waals surface area (Å²) >= 11 is 0. The molecule has 0 saturated carbocycles. The van der Waals surface area contributed by atoms with Gasteiger partial charge in [0.2, 0.25) is 10.0 Å². The molecule has 0 unspecified atom stereocenters. The zero-order valence-electron chi connectivity index (χ0n) is 23.6. The zero-order chi connectivity index (χ0) is 29.2. The second-order valence-corrected chi connectivity index (χ2v) is 12.3. The Morgan fingerprint density at radius 2 is 1.83 bits per heavy atom. The SMILES string of the molecule is C=Cc1cccc(CNC[C@@H](O)[C@H](Cc2ccccc2)NC(=O)c2cc(NCC)cc(N3CCCCS3(=O)=O)c2)c1. The van der Waals surface area contributed by atoms with Gasteiger partial charge in [-0.15, -0.1) is 0 Å². The molecule has 41 heavy (non-hydrogen) atoms. The fourth-order valence-electron chi connectivity index (χ4n) is 5.01. The number of hydrogen-bond donors (Lipinski definition) is 4. The highest BCUT2D eigenvalue weighted by Gasteiger charge is 2.28. The third-order valence-corrected chi connectivity index (χ3v) is 9.02. The van der Waals surface area contributed by atoms with E-state index in [4.69, 9.17) is 0 Å². The van der Waals surface area contributed by atoms with Gasteiger partial charge in [0.15, 0.2) is 0 Å². The minimum atomic E-state index is -3.45. The summed E-state index contributed by atoms with van der Waals surface area (Å²) in [4.78, 5) is 13.6. The number of amides is 1. The van der Waals surface area contributed by atoms with E-state index in [-0.39, 0.29) is 18.2 Å². The van der Waals surface area contributed by atoms with Crippen molar-refractivity contribution in [2.75, 3.05) is 35.0 Å². The molecule has 1 heterocycles. The minimum absolute atomic E-state index is 0.0934. The number of nitrogens with zero attached hydrogens (tertiary/aromatic N) is 1. The standard InChI is InChI=1S/C32H40N4O4S/c1-3-24-13-10-14-26(17-24)22-33-23-31(37)30(18-25-11-6-5-7-12-25)35-32(38)27-19-28(34-4-2)21-29(20-27)36-15-8-9-16-41(36,39)40/h3,5-7,10-14,17,19-21,30-31,33-34,37H,1,4,8-9,15-16,18,22-23H2,2H3,(H,35,38)/t30-,31+/m0/s1. The van der Waals surface area contributed by atoms with Crippen molar-refractivity contribution in [3.63, 3.8) is 0 Å². The van der Waals surface area contributed by atoms with Crippen LogP contribution in [-0.4, -0.2) is 57.0 Å². The van der Waals surface area contributed by atoms with Gasteiger partial charge in [-0.2, -0.15) is 0 Å². The van der Waals surface area contributed by atoms with E-state index in [0.717, 1.165) is 23.1 Å². The summed E-state index contributed by atoms with van der Waals surface area (Å²) in [6.07, 6.45) is 2.75. The van der Waals surface area contributed by atoms with Crippen LogP contribution in [-0.2, 0) is 23.0 Å². The molecule has 9 heteroatoms. The average molecular weight is 577 g/mol. The summed E-state index contributed by atoms with van der Waals surface area (Å²) in [5, 5.41) is 20.8.